The van der Waals surface area contributed by atoms with Crippen LogP contribution in [0, 0.1) is 12.8 Å². The predicted octanol–water partition coefficient (Wildman–Crippen LogP) is 3.18. The zero-order chi connectivity index (χ0) is 22.5. The molecule has 32 heavy (non-hydrogen) atoms. The molecule has 5 rings (SSSR count). The molecule has 0 saturated heterocycles. The van der Waals surface area contributed by atoms with E-state index >= 15 is 0 Å². The zero-order valence-electron chi connectivity index (χ0n) is 18.1. The average Bonchev–Trinajstić information content (AvgIpc) is 3.36. The molecule has 1 aliphatic rings. The van der Waals surface area contributed by atoms with Gasteiger partial charge in [-0.2, -0.15) is 0 Å². The van der Waals surface area contributed by atoms with Crippen molar-refractivity contribution in [2.24, 2.45) is 13.0 Å². The van der Waals surface area contributed by atoms with Crippen molar-refractivity contribution in [2.75, 3.05) is 5.32 Å². The van der Waals surface area contributed by atoms with Crippen LogP contribution in [-0.2, 0) is 12.5 Å². The average molecular weight is 429 g/mol. The molecule has 9 heteroatoms. The molecule has 1 aliphatic carbocycles. The molecule has 9 nitrogen and oxygen atoms in total. The van der Waals surface area contributed by atoms with Crippen molar-refractivity contribution < 1.29 is 9.59 Å². The number of H-pyrrole nitrogens is 1. The smallest absolute Gasteiger partial charge is 0.274 e. The first-order chi connectivity index (χ1) is 15.4. The summed E-state index contributed by atoms with van der Waals surface area (Å²) >= 11 is 0. The lowest BCUT2D eigenvalue weighted by Gasteiger charge is -2.45. The van der Waals surface area contributed by atoms with Crippen LogP contribution < -0.4 is 5.32 Å². The second-order valence-electron chi connectivity index (χ2n) is 8.69. The van der Waals surface area contributed by atoms with Crippen LogP contribution in [0.5, 0.6) is 0 Å². The minimum Gasteiger partial charge on any atom is -0.359 e. The minimum atomic E-state index is -0.399. The Kier molecular flexibility index (Phi) is 4.61. The van der Waals surface area contributed by atoms with Crippen LogP contribution in [0.3, 0.4) is 0 Å². The Balaban J connectivity index is 1.48. The number of anilines is 1. The number of hydrogen-bond acceptors (Lipinski definition) is 6. The Labute approximate surface area is 184 Å². The van der Waals surface area contributed by atoms with Crippen molar-refractivity contribution in [3.63, 3.8) is 0 Å². The molecule has 4 aromatic heterocycles. The lowest BCUT2D eigenvalue weighted by atomic mass is 9.59. The molecule has 0 spiro atoms. The van der Waals surface area contributed by atoms with Crippen LogP contribution >= 0.6 is 0 Å². The molecule has 0 atom stereocenters. The number of aryl methyl sites for hydroxylation is 2. The molecule has 1 saturated carbocycles. The first-order valence-electron chi connectivity index (χ1n) is 10.5. The number of aromatic nitrogens is 6. The molecular weight excluding hydrogens is 406 g/mol. The van der Waals surface area contributed by atoms with Crippen molar-refractivity contribution in [3.8, 4) is 0 Å². The van der Waals surface area contributed by atoms with Gasteiger partial charge in [0.25, 0.3) is 5.91 Å². The Morgan fingerprint density at radius 3 is 2.81 bits per heavy atom. The molecule has 0 unspecified atom stereocenters. The molecule has 0 bridgehead atoms. The maximum Gasteiger partial charge on any atom is 0.274 e. The van der Waals surface area contributed by atoms with Crippen LogP contribution in [0.1, 0.15) is 57.6 Å². The summed E-state index contributed by atoms with van der Waals surface area (Å²) in [6.07, 6.45) is 9.50. The summed E-state index contributed by atoms with van der Waals surface area (Å²) in [5, 5.41) is 11.3. The molecule has 4 aromatic rings. The van der Waals surface area contributed by atoms with Gasteiger partial charge in [0.1, 0.15) is 17.8 Å². The van der Waals surface area contributed by atoms with E-state index in [0.29, 0.717) is 28.2 Å². The molecule has 1 fully saturated rings. The fourth-order valence-electron chi connectivity index (χ4n) is 4.82. The second kappa shape index (κ2) is 7.37. The number of carbonyl (C=O) groups excluding carboxylic acids is 2. The third-order valence-corrected chi connectivity index (χ3v) is 6.30. The zero-order valence-corrected chi connectivity index (χ0v) is 18.1. The normalized spacial score (nSPS) is 20.2. The molecule has 0 aliphatic heterocycles. The number of hydrogen-bond donors (Lipinski definition) is 2. The van der Waals surface area contributed by atoms with Gasteiger partial charge in [0.15, 0.2) is 6.29 Å². The van der Waals surface area contributed by atoms with E-state index in [9.17, 15) is 9.59 Å². The summed E-state index contributed by atoms with van der Waals surface area (Å²) < 4.78 is 1.94. The number of aldehydes is 1. The standard InChI is InChI=1S/C23H23N7O2/c1-13-6-23(7-13,22-29-26-12-30(22)3)16-5-17(10-24-9-16)27-21(32)18-4-15(11-31)20-19(28-18)14(2)8-25-20/h4-5,8-13,25H,6-7H2,1-3H3,(H,27,32). The maximum atomic E-state index is 13.0. The van der Waals surface area contributed by atoms with Gasteiger partial charge in [-0.1, -0.05) is 6.92 Å². The number of carbonyl (C=O) groups is 2. The number of pyridine rings is 2. The molecule has 0 aromatic carbocycles. The van der Waals surface area contributed by atoms with E-state index in [1.54, 1.807) is 18.7 Å². The maximum absolute atomic E-state index is 13.0. The fraction of sp³-hybridized carbons (Fsp3) is 0.304. The summed E-state index contributed by atoms with van der Waals surface area (Å²) in [6.45, 7) is 4.09. The second-order valence-corrected chi connectivity index (χ2v) is 8.69. The summed E-state index contributed by atoms with van der Waals surface area (Å²) in [5.74, 6) is 1.06. The number of nitrogens with zero attached hydrogens (tertiary/aromatic N) is 5. The number of nitrogens with one attached hydrogen (secondary N) is 2. The lowest BCUT2D eigenvalue weighted by Crippen LogP contribution is -2.43. The van der Waals surface area contributed by atoms with Gasteiger partial charge in [-0.05, 0) is 48.9 Å². The SMILES string of the molecule is Cc1c[nH]c2c(C=O)cc(C(=O)Nc3cncc(C4(c5nncn5C)CC(C)C4)c3)nc12. The van der Waals surface area contributed by atoms with Gasteiger partial charge in [0.2, 0.25) is 0 Å². The number of aromatic amines is 1. The highest BCUT2D eigenvalue weighted by Gasteiger charge is 2.48. The van der Waals surface area contributed by atoms with E-state index < -0.39 is 5.91 Å². The fourth-order valence-corrected chi connectivity index (χ4v) is 4.82. The van der Waals surface area contributed by atoms with Gasteiger partial charge in [-0.3, -0.25) is 14.6 Å². The molecule has 0 radical (unpaired) electrons. The van der Waals surface area contributed by atoms with E-state index in [1.165, 1.54) is 6.07 Å². The van der Waals surface area contributed by atoms with Crippen molar-refractivity contribution in [1.29, 1.82) is 0 Å². The quantitative estimate of drug-likeness (QED) is 0.471. The van der Waals surface area contributed by atoms with Gasteiger partial charge < -0.3 is 14.9 Å². The van der Waals surface area contributed by atoms with Gasteiger partial charge in [0, 0.05) is 25.0 Å². The van der Waals surface area contributed by atoms with Gasteiger partial charge in [-0.25, -0.2) is 4.98 Å². The van der Waals surface area contributed by atoms with Crippen molar-refractivity contribution >= 4 is 28.9 Å². The highest BCUT2D eigenvalue weighted by atomic mass is 16.2. The summed E-state index contributed by atoms with van der Waals surface area (Å²) in [5.41, 5.74) is 3.95. The highest BCUT2D eigenvalue weighted by Crippen LogP contribution is 2.51. The highest BCUT2D eigenvalue weighted by molar-refractivity contribution is 6.06. The van der Waals surface area contributed by atoms with Crippen LogP contribution in [0.2, 0.25) is 0 Å². The Bertz CT molecular complexity index is 1350. The molecule has 162 valence electrons. The van der Waals surface area contributed by atoms with E-state index in [4.69, 9.17) is 0 Å². The molecule has 4 heterocycles. The van der Waals surface area contributed by atoms with Crippen LogP contribution in [0.4, 0.5) is 5.69 Å². The summed E-state index contributed by atoms with van der Waals surface area (Å²) in [6, 6.07) is 3.43. The summed E-state index contributed by atoms with van der Waals surface area (Å²) in [7, 11) is 1.94. The monoisotopic (exact) mass is 429 g/mol. The van der Waals surface area contributed by atoms with E-state index in [0.717, 1.165) is 36.1 Å². The number of fused-ring (bicyclic) bond motifs is 1. The van der Waals surface area contributed by atoms with Crippen molar-refractivity contribution in [3.05, 3.63) is 65.3 Å². The Hall–Kier alpha value is -3.88. The van der Waals surface area contributed by atoms with E-state index in [1.807, 2.05) is 30.8 Å². The molecule has 2 N–H and O–H groups in total. The first-order valence-corrected chi connectivity index (χ1v) is 10.5. The number of amides is 1. The van der Waals surface area contributed by atoms with Crippen molar-refractivity contribution in [1.82, 2.24) is 29.7 Å². The summed E-state index contributed by atoms with van der Waals surface area (Å²) in [4.78, 5) is 36.4. The van der Waals surface area contributed by atoms with Crippen LogP contribution in [0.15, 0.2) is 37.1 Å². The minimum absolute atomic E-state index is 0.174. The third-order valence-electron chi connectivity index (χ3n) is 6.30. The van der Waals surface area contributed by atoms with Crippen LogP contribution in [0.25, 0.3) is 11.0 Å². The van der Waals surface area contributed by atoms with Gasteiger partial charge >= 0.3 is 0 Å². The predicted molar refractivity (Wildman–Crippen MR) is 119 cm³/mol. The topological polar surface area (TPSA) is 118 Å². The first kappa shape index (κ1) is 20.0. The van der Waals surface area contributed by atoms with E-state index in [2.05, 4.69) is 37.4 Å². The van der Waals surface area contributed by atoms with E-state index in [-0.39, 0.29) is 11.1 Å². The van der Waals surface area contributed by atoms with Gasteiger partial charge in [-0.15, -0.1) is 10.2 Å². The largest absolute Gasteiger partial charge is 0.359 e. The van der Waals surface area contributed by atoms with Crippen molar-refractivity contribution in [2.45, 2.75) is 32.1 Å². The molecule has 1 amide bonds. The number of rotatable bonds is 5. The van der Waals surface area contributed by atoms with Gasteiger partial charge in [0.05, 0.1) is 28.3 Å². The lowest BCUT2D eigenvalue weighted by molar-refractivity contribution is 0.102. The van der Waals surface area contributed by atoms with Crippen LogP contribution in [-0.4, -0.2) is 41.9 Å². The Morgan fingerprint density at radius 1 is 1.31 bits per heavy atom. The third kappa shape index (κ3) is 3.08. The Morgan fingerprint density at radius 2 is 2.12 bits per heavy atom. The molecular formula is C23H23N7O2.